The van der Waals surface area contributed by atoms with Gasteiger partial charge in [0.2, 0.25) is 5.91 Å². The lowest BCUT2D eigenvalue weighted by Crippen LogP contribution is -2.24. The Morgan fingerprint density at radius 2 is 1.93 bits per heavy atom. The monoisotopic (exact) mass is 216 g/mol. The lowest BCUT2D eigenvalue weighted by Gasteiger charge is -2.01. The van der Waals surface area contributed by atoms with E-state index in [9.17, 15) is 4.79 Å². The predicted octanol–water partition coefficient (Wildman–Crippen LogP) is 1.00. The molecular weight excluding hydrogens is 194 g/mol. The molecule has 0 unspecified atom stereocenters. The molecule has 0 fully saturated rings. The minimum absolute atomic E-state index is 0.0338. The van der Waals surface area contributed by atoms with Crippen LogP contribution in [0.1, 0.15) is 33.1 Å². The molecule has 0 heterocycles. The molecule has 4 heteroatoms. The van der Waals surface area contributed by atoms with E-state index in [1.165, 1.54) is 0 Å². The number of unbranched alkanes of at least 4 members (excludes halogenated alkanes) is 1. The van der Waals surface area contributed by atoms with Crippen LogP contribution in [0.3, 0.4) is 0 Å². The van der Waals surface area contributed by atoms with Crippen LogP contribution < -0.4 is 5.32 Å². The summed E-state index contributed by atoms with van der Waals surface area (Å²) in [4.78, 5) is 10.8. The largest absolute Gasteiger partial charge is 0.368 e. The van der Waals surface area contributed by atoms with E-state index < -0.39 is 6.29 Å². The zero-order valence-corrected chi connectivity index (χ0v) is 9.62. The summed E-state index contributed by atoms with van der Waals surface area (Å²) in [5.74, 6) is -0.0338. The molecule has 0 saturated heterocycles. The number of aliphatic hydroxyl groups is 2. The molecule has 0 aromatic rings. The molecule has 0 aliphatic heterocycles. The van der Waals surface area contributed by atoms with Crippen molar-refractivity contribution in [2.45, 2.75) is 39.4 Å². The normalized spacial score (nSPS) is 9.20. The summed E-state index contributed by atoms with van der Waals surface area (Å²) < 4.78 is 0. The van der Waals surface area contributed by atoms with Gasteiger partial charge in [0, 0.05) is 12.1 Å². The van der Waals surface area contributed by atoms with Crippen molar-refractivity contribution in [1.29, 1.82) is 0 Å². The standard InChI is InChI=1S/C8H15NO.C3H7O2/c1-4-5-6-9-8(10)7(2)3;1-2-3(4)5/h2,4-6H2,1,3H3,(H,9,10);3-5H,1-2H2. The van der Waals surface area contributed by atoms with Gasteiger partial charge in [-0.2, -0.15) is 0 Å². The van der Waals surface area contributed by atoms with E-state index in [1.807, 2.05) is 0 Å². The first-order chi connectivity index (χ1) is 6.95. The highest BCUT2D eigenvalue weighted by atomic mass is 16.5. The predicted molar refractivity (Wildman–Crippen MR) is 60.9 cm³/mol. The SMILES string of the molecule is C=C(C)C(=O)NCCCC.[CH2]CC(O)O. The first kappa shape index (κ1) is 16.6. The maximum absolute atomic E-state index is 10.8. The molecule has 0 rings (SSSR count). The van der Waals surface area contributed by atoms with Crippen molar-refractivity contribution < 1.29 is 15.0 Å². The van der Waals surface area contributed by atoms with Gasteiger partial charge in [-0.15, -0.1) is 0 Å². The van der Waals surface area contributed by atoms with E-state index in [4.69, 9.17) is 10.2 Å². The quantitative estimate of drug-likeness (QED) is 0.365. The zero-order chi connectivity index (χ0) is 12.3. The van der Waals surface area contributed by atoms with Crippen LogP contribution in [0.2, 0.25) is 0 Å². The molecule has 3 N–H and O–H groups in total. The van der Waals surface area contributed by atoms with Crippen LogP contribution in [0.25, 0.3) is 0 Å². The summed E-state index contributed by atoms with van der Waals surface area (Å²) in [6.07, 6.45) is 1.09. The van der Waals surface area contributed by atoms with Gasteiger partial charge >= 0.3 is 0 Å². The maximum Gasteiger partial charge on any atom is 0.246 e. The smallest absolute Gasteiger partial charge is 0.246 e. The Morgan fingerprint density at radius 3 is 2.20 bits per heavy atom. The second-order valence-electron chi connectivity index (χ2n) is 3.16. The first-order valence-electron chi connectivity index (χ1n) is 5.04. The molecule has 4 nitrogen and oxygen atoms in total. The number of amides is 1. The summed E-state index contributed by atoms with van der Waals surface area (Å²) in [6, 6.07) is 0. The molecule has 1 amide bonds. The molecular formula is C11H22NO3. The number of hydrogen-bond acceptors (Lipinski definition) is 3. The van der Waals surface area contributed by atoms with Gasteiger partial charge in [0.15, 0.2) is 6.29 Å². The molecule has 1 radical (unpaired) electrons. The highest BCUT2D eigenvalue weighted by Gasteiger charge is 1.97. The zero-order valence-electron chi connectivity index (χ0n) is 9.62. The first-order valence-corrected chi connectivity index (χ1v) is 5.04. The number of nitrogens with one attached hydrogen (secondary N) is 1. The summed E-state index contributed by atoms with van der Waals surface area (Å²) >= 11 is 0. The molecule has 0 aromatic carbocycles. The van der Waals surface area contributed by atoms with E-state index in [2.05, 4.69) is 25.7 Å². The van der Waals surface area contributed by atoms with Crippen LogP contribution in [0.15, 0.2) is 12.2 Å². The van der Waals surface area contributed by atoms with Gasteiger partial charge in [-0.05, 0) is 26.7 Å². The molecule has 89 valence electrons. The second kappa shape index (κ2) is 11.2. The lowest BCUT2D eigenvalue weighted by atomic mass is 10.3. The molecule has 15 heavy (non-hydrogen) atoms. The van der Waals surface area contributed by atoms with Gasteiger partial charge in [0.05, 0.1) is 0 Å². The third-order valence-electron chi connectivity index (χ3n) is 1.46. The van der Waals surface area contributed by atoms with Gasteiger partial charge in [0.1, 0.15) is 0 Å². The Kier molecular flexibility index (Phi) is 12.4. The average molecular weight is 216 g/mol. The van der Waals surface area contributed by atoms with Crippen molar-refractivity contribution in [2.75, 3.05) is 6.54 Å². The van der Waals surface area contributed by atoms with Crippen LogP contribution in [0.5, 0.6) is 0 Å². The van der Waals surface area contributed by atoms with Crippen molar-refractivity contribution in [3.05, 3.63) is 19.1 Å². The molecule has 0 aliphatic carbocycles. The lowest BCUT2D eigenvalue weighted by molar-refractivity contribution is -0.117. The van der Waals surface area contributed by atoms with Crippen LogP contribution in [-0.4, -0.2) is 29.0 Å². The molecule has 0 atom stereocenters. The molecule has 0 aliphatic rings. The maximum atomic E-state index is 10.8. The van der Waals surface area contributed by atoms with Crippen molar-refractivity contribution in [3.63, 3.8) is 0 Å². The summed E-state index contributed by atoms with van der Waals surface area (Å²) in [7, 11) is 0. The molecule has 0 saturated carbocycles. The Balaban J connectivity index is 0. The van der Waals surface area contributed by atoms with Crippen LogP contribution in [0.4, 0.5) is 0 Å². The van der Waals surface area contributed by atoms with E-state index in [0.29, 0.717) is 5.57 Å². The van der Waals surface area contributed by atoms with Crippen molar-refractivity contribution in [1.82, 2.24) is 5.32 Å². The molecule has 0 aromatic heterocycles. The third-order valence-corrected chi connectivity index (χ3v) is 1.46. The van der Waals surface area contributed by atoms with Gasteiger partial charge < -0.3 is 15.5 Å². The van der Waals surface area contributed by atoms with Crippen molar-refractivity contribution in [3.8, 4) is 0 Å². The molecule has 0 bridgehead atoms. The fraction of sp³-hybridized carbons (Fsp3) is 0.636. The fourth-order valence-electron chi connectivity index (χ4n) is 0.530. The van der Waals surface area contributed by atoms with Gasteiger partial charge in [0.25, 0.3) is 0 Å². The highest BCUT2D eigenvalue weighted by molar-refractivity contribution is 5.91. The van der Waals surface area contributed by atoms with Crippen molar-refractivity contribution in [2.24, 2.45) is 0 Å². The summed E-state index contributed by atoms with van der Waals surface area (Å²) in [5.41, 5.74) is 0.580. The van der Waals surface area contributed by atoms with Crippen LogP contribution in [0, 0.1) is 6.92 Å². The van der Waals surface area contributed by atoms with E-state index in [1.54, 1.807) is 6.92 Å². The minimum Gasteiger partial charge on any atom is -0.368 e. The highest BCUT2D eigenvalue weighted by Crippen LogP contribution is 1.87. The van der Waals surface area contributed by atoms with Gasteiger partial charge in [-0.1, -0.05) is 19.9 Å². The summed E-state index contributed by atoms with van der Waals surface area (Å²) in [6.45, 7) is 11.3. The second-order valence-corrected chi connectivity index (χ2v) is 3.16. The van der Waals surface area contributed by atoms with Gasteiger partial charge in [-0.3, -0.25) is 4.79 Å². The molecule has 0 spiro atoms. The van der Waals surface area contributed by atoms with Crippen molar-refractivity contribution >= 4 is 5.91 Å². The van der Waals surface area contributed by atoms with Crippen LogP contribution in [-0.2, 0) is 4.79 Å². The Bertz CT molecular complexity index is 179. The number of carbonyl (C=O) groups is 1. The number of carbonyl (C=O) groups excluding carboxylic acids is 1. The van der Waals surface area contributed by atoms with Crippen LogP contribution >= 0.6 is 0 Å². The fourth-order valence-corrected chi connectivity index (χ4v) is 0.530. The average Bonchev–Trinajstić information content (AvgIpc) is 2.18. The minimum atomic E-state index is -1.23. The Morgan fingerprint density at radius 1 is 1.47 bits per heavy atom. The third kappa shape index (κ3) is 15.9. The summed E-state index contributed by atoms with van der Waals surface area (Å²) in [5, 5.41) is 18.5. The van der Waals surface area contributed by atoms with E-state index >= 15 is 0 Å². The number of aliphatic hydroxyl groups excluding tert-OH is 1. The van der Waals surface area contributed by atoms with E-state index in [-0.39, 0.29) is 12.3 Å². The Labute approximate surface area is 92.0 Å². The Hall–Kier alpha value is -0.870. The topological polar surface area (TPSA) is 69.6 Å². The van der Waals surface area contributed by atoms with Gasteiger partial charge in [-0.25, -0.2) is 0 Å². The number of rotatable bonds is 5. The van der Waals surface area contributed by atoms with E-state index in [0.717, 1.165) is 19.4 Å². The number of hydrogen-bond donors (Lipinski definition) is 3.